The summed E-state index contributed by atoms with van der Waals surface area (Å²) in [7, 11) is 1.67. The Balaban J connectivity index is 1.33. The summed E-state index contributed by atoms with van der Waals surface area (Å²) in [6.45, 7) is 3.05. The van der Waals surface area contributed by atoms with Crippen LogP contribution in [0, 0.1) is 11.3 Å². The van der Waals surface area contributed by atoms with E-state index in [1.54, 1.807) is 7.11 Å². The fourth-order valence-electron chi connectivity index (χ4n) is 3.96. The average Bonchev–Trinajstić information content (AvgIpc) is 2.89. The van der Waals surface area contributed by atoms with E-state index in [4.69, 9.17) is 14.7 Å². The highest BCUT2D eigenvalue weighted by Crippen LogP contribution is 2.28. The number of piperazine rings is 1. The Kier molecular flexibility index (Phi) is 7.51. The Bertz CT molecular complexity index is 1150. The predicted octanol–water partition coefficient (Wildman–Crippen LogP) is 4.69. The number of anilines is 2. The maximum absolute atomic E-state index is 13.0. The lowest BCUT2D eigenvalue weighted by molar-refractivity contribution is 0.208. The van der Waals surface area contributed by atoms with Gasteiger partial charge >= 0.3 is 6.03 Å². The molecule has 1 heterocycles. The first-order valence-corrected chi connectivity index (χ1v) is 11.3. The highest BCUT2D eigenvalue weighted by Gasteiger charge is 2.23. The summed E-state index contributed by atoms with van der Waals surface area (Å²) in [5, 5.41) is 11.8. The molecule has 1 saturated heterocycles. The van der Waals surface area contributed by atoms with Gasteiger partial charge in [0, 0.05) is 37.4 Å². The van der Waals surface area contributed by atoms with Crippen molar-refractivity contribution in [2.75, 3.05) is 43.5 Å². The third kappa shape index (κ3) is 5.59. The van der Waals surface area contributed by atoms with Gasteiger partial charge < -0.3 is 24.6 Å². The first-order chi connectivity index (χ1) is 16.7. The highest BCUT2D eigenvalue weighted by molar-refractivity contribution is 5.90. The molecule has 2 amide bonds. The number of para-hydroxylation sites is 3. The second-order valence-corrected chi connectivity index (χ2v) is 8.00. The molecule has 0 unspecified atom stereocenters. The number of nitriles is 1. The number of amides is 2. The molecule has 34 heavy (non-hydrogen) atoms. The number of carbonyl (C=O) groups excluding carboxylic acids is 1. The zero-order valence-electron chi connectivity index (χ0n) is 19.2. The van der Waals surface area contributed by atoms with Gasteiger partial charge in [0.2, 0.25) is 0 Å². The van der Waals surface area contributed by atoms with E-state index >= 15 is 0 Å². The number of rotatable bonds is 7. The number of ether oxygens (including phenoxy) is 2. The fraction of sp³-hybridized carbons (Fsp3) is 0.259. The summed E-state index contributed by atoms with van der Waals surface area (Å²) in [6.07, 6.45) is 0.377. The van der Waals surface area contributed by atoms with Crippen LogP contribution in [0.1, 0.15) is 11.1 Å². The summed E-state index contributed by atoms with van der Waals surface area (Å²) in [4.78, 5) is 17.0. The molecule has 0 atom stereocenters. The zero-order chi connectivity index (χ0) is 23.8. The lowest BCUT2D eigenvalue weighted by Crippen LogP contribution is -2.50. The molecule has 1 fully saturated rings. The zero-order valence-corrected chi connectivity index (χ0v) is 19.2. The summed E-state index contributed by atoms with van der Waals surface area (Å²) >= 11 is 0. The Hall–Kier alpha value is -4.18. The van der Waals surface area contributed by atoms with Gasteiger partial charge in [-0.3, -0.25) is 0 Å². The number of nitrogens with zero attached hydrogens (tertiary/aromatic N) is 3. The van der Waals surface area contributed by atoms with Crippen LogP contribution in [0.4, 0.5) is 16.2 Å². The molecule has 7 heteroatoms. The molecule has 3 aromatic rings. The maximum atomic E-state index is 13.0. The van der Waals surface area contributed by atoms with Gasteiger partial charge in [-0.05, 0) is 35.9 Å². The predicted molar refractivity (Wildman–Crippen MR) is 132 cm³/mol. The fourth-order valence-corrected chi connectivity index (χ4v) is 3.96. The van der Waals surface area contributed by atoms with Crippen molar-refractivity contribution in [3.05, 3.63) is 83.9 Å². The van der Waals surface area contributed by atoms with Crippen molar-refractivity contribution >= 4 is 17.4 Å². The largest absolute Gasteiger partial charge is 0.495 e. The molecule has 0 radical (unpaired) electrons. The topological polar surface area (TPSA) is 77.8 Å². The molecule has 1 N–H and O–H groups in total. The Morgan fingerprint density at radius 1 is 0.971 bits per heavy atom. The first-order valence-electron chi connectivity index (χ1n) is 11.3. The normalized spacial score (nSPS) is 13.2. The molecular weight excluding hydrogens is 428 g/mol. The van der Waals surface area contributed by atoms with Gasteiger partial charge in [-0.2, -0.15) is 5.26 Å². The first kappa shape index (κ1) is 23.0. The lowest BCUT2D eigenvalue weighted by atomic mass is 10.1. The quantitative estimate of drug-likeness (QED) is 0.558. The van der Waals surface area contributed by atoms with Gasteiger partial charge in [0.25, 0.3) is 0 Å². The molecule has 174 valence electrons. The van der Waals surface area contributed by atoms with Crippen LogP contribution in [-0.2, 0) is 13.0 Å². The van der Waals surface area contributed by atoms with E-state index in [9.17, 15) is 4.79 Å². The minimum Gasteiger partial charge on any atom is -0.495 e. The number of methoxy groups -OCH3 is 1. The summed E-state index contributed by atoms with van der Waals surface area (Å²) < 4.78 is 11.4. The molecule has 0 bridgehead atoms. The minimum atomic E-state index is -0.118. The molecular formula is C27H28N4O3. The number of urea groups is 1. The molecule has 0 aromatic heterocycles. The van der Waals surface area contributed by atoms with E-state index < -0.39 is 0 Å². The molecule has 4 rings (SSSR count). The standard InChI is InChI=1S/C27H28N4O3/c1-33-26-9-5-4-8-25(26)30-16-18-31(19-17-30)27(32)29-24-7-3-2-6-22(24)20-34-23-12-10-21(11-13-23)14-15-28/h2-13H,14,16-20H2,1H3,(H,29,32). The van der Waals surface area contributed by atoms with E-state index in [0.29, 0.717) is 26.1 Å². The van der Waals surface area contributed by atoms with E-state index in [2.05, 4.69) is 16.3 Å². The van der Waals surface area contributed by atoms with Crippen molar-refractivity contribution in [1.29, 1.82) is 5.26 Å². The second kappa shape index (κ2) is 11.1. The van der Waals surface area contributed by atoms with Crippen LogP contribution < -0.4 is 19.7 Å². The molecule has 0 aliphatic carbocycles. The van der Waals surface area contributed by atoms with Gasteiger partial charge in [-0.25, -0.2) is 4.79 Å². The smallest absolute Gasteiger partial charge is 0.321 e. The van der Waals surface area contributed by atoms with Crippen LogP contribution in [0.5, 0.6) is 11.5 Å². The van der Waals surface area contributed by atoms with Crippen molar-refractivity contribution in [2.24, 2.45) is 0 Å². The number of nitrogens with one attached hydrogen (secondary N) is 1. The van der Waals surface area contributed by atoms with Crippen molar-refractivity contribution < 1.29 is 14.3 Å². The van der Waals surface area contributed by atoms with Crippen LogP contribution in [0.15, 0.2) is 72.8 Å². The maximum Gasteiger partial charge on any atom is 0.321 e. The number of hydrogen-bond donors (Lipinski definition) is 1. The third-order valence-corrected chi connectivity index (χ3v) is 5.85. The summed E-state index contributed by atoms with van der Waals surface area (Å²) in [6, 6.07) is 25.1. The molecule has 7 nitrogen and oxygen atoms in total. The van der Waals surface area contributed by atoms with Crippen LogP contribution >= 0.6 is 0 Å². The van der Waals surface area contributed by atoms with E-state index in [-0.39, 0.29) is 6.03 Å². The van der Waals surface area contributed by atoms with Crippen LogP contribution in [0.3, 0.4) is 0 Å². The number of hydrogen-bond acceptors (Lipinski definition) is 5. The van der Waals surface area contributed by atoms with E-state index in [1.807, 2.05) is 77.7 Å². The summed E-state index contributed by atoms with van der Waals surface area (Å²) in [5.74, 6) is 1.56. The van der Waals surface area contributed by atoms with Crippen molar-refractivity contribution in [1.82, 2.24) is 4.90 Å². The summed E-state index contributed by atoms with van der Waals surface area (Å²) in [5.41, 5.74) is 3.63. The SMILES string of the molecule is COc1ccccc1N1CCN(C(=O)Nc2ccccc2COc2ccc(CC#N)cc2)CC1. The molecule has 0 saturated carbocycles. The van der Waals surface area contributed by atoms with E-state index in [1.165, 1.54) is 0 Å². The molecule has 1 aliphatic rings. The Labute approximate surface area is 200 Å². The third-order valence-electron chi connectivity index (χ3n) is 5.85. The molecule has 0 spiro atoms. The van der Waals surface area contributed by atoms with Crippen LogP contribution in [0.25, 0.3) is 0 Å². The minimum absolute atomic E-state index is 0.118. The Morgan fingerprint density at radius 3 is 2.41 bits per heavy atom. The lowest BCUT2D eigenvalue weighted by Gasteiger charge is -2.36. The van der Waals surface area contributed by atoms with E-state index in [0.717, 1.165) is 47.1 Å². The Morgan fingerprint density at radius 2 is 1.68 bits per heavy atom. The van der Waals surface area contributed by atoms with Crippen LogP contribution in [-0.4, -0.2) is 44.2 Å². The highest BCUT2D eigenvalue weighted by atomic mass is 16.5. The number of benzene rings is 3. The number of carbonyl (C=O) groups is 1. The molecule has 3 aromatic carbocycles. The monoisotopic (exact) mass is 456 g/mol. The van der Waals surface area contributed by atoms with Gasteiger partial charge in [-0.1, -0.05) is 42.5 Å². The van der Waals surface area contributed by atoms with Gasteiger partial charge in [0.15, 0.2) is 0 Å². The van der Waals surface area contributed by atoms with Gasteiger partial charge in [-0.15, -0.1) is 0 Å². The van der Waals surface area contributed by atoms with Crippen molar-refractivity contribution in [2.45, 2.75) is 13.0 Å². The van der Waals surface area contributed by atoms with Crippen molar-refractivity contribution in [3.8, 4) is 17.6 Å². The van der Waals surface area contributed by atoms with Gasteiger partial charge in [0.1, 0.15) is 18.1 Å². The van der Waals surface area contributed by atoms with Crippen LogP contribution in [0.2, 0.25) is 0 Å². The molecule has 1 aliphatic heterocycles. The second-order valence-electron chi connectivity index (χ2n) is 8.00. The average molecular weight is 457 g/mol. The van der Waals surface area contributed by atoms with Crippen molar-refractivity contribution in [3.63, 3.8) is 0 Å². The van der Waals surface area contributed by atoms with Gasteiger partial charge in [0.05, 0.1) is 25.3 Å².